The third-order valence-corrected chi connectivity index (χ3v) is 5.25. The summed E-state index contributed by atoms with van der Waals surface area (Å²) in [5.74, 6) is 0.640. The molecule has 0 aromatic carbocycles. The van der Waals surface area contributed by atoms with Crippen LogP contribution in [0.2, 0.25) is 0 Å². The molecule has 9 nitrogen and oxygen atoms in total. The first kappa shape index (κ1) is 20.1. The van der Waals surface area contributed by atoms with E-state index < -0.39 is 12.2 Å². The Morgan fingerprint density at radius 2 is 1.97 bits per heavy atom. The van der Waals surface area contributed by atoms with Crippen molar-refractivity contribution in [1.82, 2.24) is 24.6 Å². The average molecular weight is 410 g/mol. The highest BCUT2D eigenvalue weighted by Crippen LogP contribution is 2.31. The lowest BCUT2D eigenvalue weighted by Crippen LogP contribution is -2.16. The molecule has 29 heavy (non-hydrogen) atoms. The van der Waals surface area contributed by atoms with Gasteiger partial charge < -0.3 is 9.53 Å². The highest BCUT2D eigenvalue weighted by Gasteiger charge is 2.21. The number of aromatic nitrogens is 5. The Kier molecular flexibility index (Phi) is 6.25. The van der Waals surface area contributed by atoms with Gasteiger partial charge in [-0.3, -0.25) is 15.3 Å². The number of hydrogen-bond donors (Lipinski definition) is 1. The predicted molar refractivity (Wildman–Crippen MR) is 109 cm³/mol. The highest BCUT2D eigenvalue weighted by molar-refractivity contribution is 7.17. The molecule has 1 atom stereocenters. The number of aryl methyl sites for hydroxylation is 1. The number of thiazole rings is 1. The molecule has 4 heterocycles. The lowest BCUT2D eigenvalue weighted by atomic mass is 10.3. The Balaban J connectivity index is 0.00000117. The van der Waals surface area contributed by atoms with E-state index in [9.17, 15) is 4.79 Å². The molecule has 1 N–H and O–H groups in total. The van der Waals surface area contributed by atoms with Crippen LogP contribution in [0, 0.1) is 6.92 Å². The molecule has 0 aliphatic heterocycles. The zero-order valence-electron chi connectivity index (χ0n) is 15.8. The van der Waals surface area contributed by atoms with Crippen molar-refractivity contribution in [2.75, 3.05) is 5.32 Å². The van der Waals surface area contributed by atoms with Gasteiger partial charge in [-0.15, -0.1) is 5.10 Å². The van der Waals surface area contributed by atoms with E-state index in [0.29, 0.717) is 11.5 Å². The van der Waals surface area contributed by atoms with Crippen molar-refractivity contribution in [3.63, 3.8) is 0 Å². The number of rotatable bonds is 4. The first-order chi connectivity index (χ1) is 14.1. The van der Waals surface area contributed by atoms with Crippen LogP contribution in [0.4, 0.5) is 10.5 Å². The first-order valence-electron chi connectivity index (χ1n) is 8.55. The molecule has 1 unspecified atom stereocenters. The quantitative estimate of drug-likeness (QED) is 0.546. The van der Waals surface area contributed by atoms with E-state index in [1.54, 1.807) is 41.4 Å². The maximum Gasteiger partial charge on any atom is 0.412 e. The maximum atomic E-state index is 12.1. The van der Waals surface area contributed by atoms with E-state index in [1.165, 1.54) is 11.3 Å². The van der Waals surface area contributed by atoms with Crippen LogP contribution in [0.1, 0.15) is 23.6 Å². The molecular weight excluding hydrogens is 392 g/mol. The Morgan fingerprint density at radius 1 is 1.21 bits per heavy atom. The Hall–Kier alpha value is -3.66. The molecule has 10 heteroatoms. The van der Waals surface area contributed by atoms with Crippen molar-refractivity contribution in [2.45, 2.75) is 20.0 Å². The summed E-state index contributed by atoms with van der Waals surface area (Å²) in [7, 11) is 0. The van der Waals surface area contributed by atoms with Crippen molar-refractivity contribution in [3.8, 4) is 11.4 Å². The second kappa shape index (κ2) is 9.02. The number of ether oxygens (including phenoxy) is 1. The minimum absolute atomic E-state index is 0.431. The number of carbonyl (C=O) groups is 2. The van der Waals surface area contributed by atoms with Gasteiger partial charge in [0.1, 0.15) is 12.9 Å². The van der Waals surface area contributed by atoms with Crippen LogP contribution in [-0.4, -0.2) is 37.4 Å². The zero-order valence-corrected chi connectivity index (χ0v) is 16.6. The monoisotopic (exact) mass is 410 g/mol. The molecule has 4 rings (SSSR count). The van der Waals surface area contributed by atoms with Gasteiger partial charge in [-0.25, -0.2) is 9.31 Å². The van der Waals surface area contributed by atoms with Gasteiger partial charge in [-0.2, -0.15) is 4.98 Å². The predicted octanol–water partition coefficient (Wildman–Crippen LogP) is 3.68. The molecule has 0 fully saturated rings. The number of amides is 1. The largest absolute Gasteiger partial charge is 0.440 e. The summed E-state index contributed by atoms with van der Waals surface area (Å²) >= 11 is 1.45. The summed E-state index contributed by atoms with van der Waals surface area (Å²) in [6.07, 6.45) is 5.64. The minimum atomic E-state index is -0.536. The highest BCUT2D eigenvalue weighted by atomic mass is 32.1. The van der Waals surface area contributed by atoms with E-state index in [2.05, 4.69) is 25.4 Å². The molecule has 4 aromatic rings. The third-order valence-electron chi connectivity index (χ3n) is 3.95. The first-order valence-corrected chi connectivity index (χ1v) is 9.36. The lowest BCUT2D eigenvalue weighted by Gasteiger charge is -2.13. The van der Waals surface area contributed by atoms with Crippen LogP contribution in [0.5, 0.6) is 0 Å². The van der Waals surface area contributed by atoms with Crippen molar-refractivity contribution >= 4 is 34.9 Å². The van der Waals surface area contributed by atoms with Crippen LogP contribution >= 0.6 is 11.3 Å². The summed E-state index contributed by atoms with van der Waals surface area (Å²) in [6, 6.07) is 7.21. The van der Waals surface area contributed by atoms with Gasteiger partial charge in [0.15, 0.2) is 5.82 Å². The van der Waals surface area contributed by atoms with Gasteiger partial charge in [0.2, 0.25) is 4.96 Å². The average Bonchev–Trinajstić information content (AvgIpc) is 3.30. The van der Waals surface area contributed by atoms with E-state index >= 15 is 0 Å². The van der Waals surface area contributed by atoms with Crippen molar-refractivity contribution in [3.05, 3.63) is 59.6 Å². The lowest BCUT2D eigenvalue weighted by molar-refractivity contribution is -0.0980. The number of nitrogens with zero attached hydrogens (tertiary/aromatic N) is 5. The minimum Gasteiger partial charge on any atom is -0.440 e. The second-order valence-corrected chi connectivity index (χ2v) is 6.84. The molecule has 0 saturated carbocycles. The number of hydrogen-bond acceptors (Lipinski definition) is 8. The molecule has 0 spiro atoms. The number of anilines is 1. The summed E-state index contributed by atoms with van der Waals surface area (Å²) < 4.78 is 7.26. The standard InChI is InChI=1S/C18H16N6O2S.CH2O/c1-11-15(12(2)26-18(25)21-14-4-3-7-20-10-14)27-17-22-16(23-24(11)17)13-5-8-19-9-6-13;1-2/h3-10,12H,1-2H3,(H,21,25);1H2. The van der Waals surface area contributed by atoms with Gasteiger partial charge >= 0.3 is 6.09 Å². The molecule has 0 bridgehead atoms. The van der Waals surface area contributed by atoms with Crippen molar-refractivity contribution in [1.29, 1.82) is 0 Å². The fourth-order valence-corrected chi connectivity index (χ4v) is 3.70. The summed E-state index contributed by atoms with van der Waals surface area (Å²) in [6.45, 7) is 5.76. The maximum absolute atomic E-state index is 12.1. The van der Waals surface area contributed by atoms with Crippen LogP contribution in [0.15, 0.2) is 49.1 Å². The Labute approximate surface area is 170 Å². The molecule has 0 aliphatic carbocycles. The van der Waals surface area contributed by atoms with E-state index in [1.807, 2.05) is 32.8 Å². The topological polar surface area (TPSA) is 111 Å². The Bertz CT molecular complexity index is 1100. The molecule has 0 aliphatic rings. The summed E-state index contributed by atoms with van der Waals surface area (Å²) in [4.78, 5) is 34.3. The number of pyridine rings is 2. The summed E-state index contributed by atoms with van der Waals surface area (Å²) in [5, 5.41) is 7.21. The molecule has 0 radical (unpaired) electrons. The normalized spacial score (nSPS) is 11.4. The van der Waals surface area contributed by atoms with Crippen LogP contribution in [0.3, 0.4) is 0 Å². The van der Waals surface area contributed by atoms with Crippen LogP contribution < -0.4 is 5.32 Å². The van der Waals surface area contributed by atoms with E-state index in [-0.39, 0.29) is 0 Å². The van der Waals surface area contributed by atoms with E-state index in [4.69, 9.17) is 9.53 Å². The fourth-order valence-electron chi connectivity index (χ4n) is 2.66. The molecule has 148 valence electrons. The number of carbonyl (C=O) groups excluding carboxylic acids is 2. The number of nitrogens with one attached hydrogen (secondary N) is 1. The SMILES string of the molecule is C=O.Cc1c(C(C)OC(=O)Nc2cccnc2)sc2nc(-c3ccncc3)nn12. The number of fused-ring (bicyclic) bond motifs is 1. The molecular formula is C19H18N6O3S. The van der Waals surface area contributed by atoms with Gasteiger partial charge in [0.25, 0.3) is 0 Å². The van der Waals surface area contributed by atoms with Crippen LogP contribution in [0.25, 0.3) is 16.3 Å². The Morgan fingerprint density at radius 3 is 2.62 bits per heavy atom. The molecule has 0 saturated heterocycles. The summed E-state index contributed by atoms with van der Waals surface area (Å²) in [5.41, 5.74) is 2.38. The third kappa shape index (κ3) is 4.43. The molecule has 4 aromatic heterocycles. The molecule has 1 amide bonds. The van der Waals surface area contributed by atoms with Crippen molar-refractivity contribution in [2.24, 2.45) is 0 Å². The smallest absolute Gasteiger partial charge is 0.412 e. The van der Waals surface area contributed by atoms with Gasteiger partial charge in [0, 0.05) is 24.2 Å². The van der Waals surface area contributed by atoms with Crippen LogP contribution in [-0.2, 0) is 9.53 Å². The van der Waals surface area contributed by atoms with E-state index in [0.717, 1.165) is 21.1 Å². The van der Waals surface area contributed by atoms with Gasteiger partial charge in [0.05, 0.1) is 22.5 Å². The van der Waals surface area contributed by atoms with Gasteiger partial charge in [-0.05, 0) is 38.1 Å². The van der Waals surface area contributed by atoms with Gasteiger partial charge in [-0.1, -0.05) is 11.3 Å². The fraction of sp³-hybridized carbons (Fsp3) is 0.158. The second-order valence-electron chi connectivity index (χ2n) is 5.83. The van der Waals surface area contributed by atoms with Crippen molar-refractivity contribution < 1.29 is 14.3 Å². The zero-order chi connectivity index (χ0) is 20.8.